The highest BCUT2D eigenvalue weighted by Gasteiger charge is 2.30. The number of aliphatic carboxylic acids is 1. The summed E-state index contributed by atoms with van der Waals surface area (Å²) in [6.07, 6.45) is -2.72. The molecular weight excluding hydrogens is 245 g/mol. The minimum atomic E-state index is -4.47. The third-order valence-corrected chi connectivity index (χ3v) is 2.05. The van der Waals surface area contributed by atoms with E-state index in [1.165, 1.54) is 0 Å². The number of alkyl halides is 3. The largest absolute Gasteiger partial charge is 0.545 e. The van der Waals surface area contributed by atoms with Gasteiger partial charge in [0.15, 0.2) is 0 Å². The van der Waals surface area contributed by atoms with Gasteiger partial charge < -0.3 is 9.90 Å². The molecule has 0 N–H and O–H groups in total. The predicted molar refractivity (Wildman–Crippen MR) is 50.5 cm³/mol. The molecule has 0 amide bonds. The van der Waals surface area contributed by atoms with Crippen LogP contribution < -0.4 is 5.11 Å². The molecule has 1 rings (SSSR count). The molecule has 0 saturated heterocycles. The van der Waals surface area contributed by atoms with Gasteiger partial charge in [-0.1, -0.05) is 23.7 Å². The van der Waals surface area contributed by atoms with Crippen molar-refractivity contribution in [1.29, 1.82) is 0 Å². The Balaban J connectivity index is 3.05. The van der Waals surface area contributed by atoms with Gasteiger partial charge in [-0.3, -0.25) is 0 Å². The van der Waals surface area contributed by atoms with Crippen LogP contribution in [0, 0.1) is 0 Å². The van der Waals surface area contributed by atoms with Gasteiger partial charge in [0, 0.05) is 5.02 Å². The molecule has 0 radical (unpaired) electrons. The van der Waals surface area contributed by atoms with E-state index in [1.54, 1.807) is 0 Å². The summed E-state index contributed by atoms with van der Waals surface area (Å²) < 4.78 is 36.7. The number of carboxylic acid groups (broad SMARTS) is 1. The van der Waals surface area contributed by atoms with E-state index in [1.807, 2.05) is 0 Å². The van der Waals surface area contributed by atoms with Crippen LogP contribution in [0.4, 0.5) is 13.2 Å². The SMILES string of the molecule is O=C([O-])/C=C/c1ccc(C(F)(F)F)cc1Cl. The number of carbonyl (C=O) groups is 1. The summed E-state index contributed by atoms with van der Waals surface area (Å²) in [5.74, 6) is -1.45. The van der Waals surface area contributed by atoms with Crippen LogP contribution in [0.2, 0.25) is 5.02 Å². The third kappa shape index (κ3) is 3.27. The second-order valence-corrected chi connectivity index (χ2v) is 3.29. The zero-order chi connectivity index (χ0) is 12.3. The summed E-state index contributed by atoms with van der Waals surface area (Å²) in [4.78, 5) is 10.1. The van der Waals surface area contributed by atoms with Crippen LogP contribution in [0.5, 0.6) is 0 Å². The van der Waals surface area contributed by atoms with Crippen molar-refractivity contribution in [2.24, 2.45) is 0 Å². The first-order valence-electron chi connectivity index (χ1n) is 4.06. The molecule has 0 aromatic heterocycles. The fourth-order valence-corrected chi connectivity index (χ4v) is 1.24. The maximum absolute atomic E-state index is 12.2. The summed E-state index contributed by atoms with van der Waals surface area (Å²) in [5.41, 5.74) is -0.707. The fraction of sp³-hybridized carbons (Fsp3) is 0.100. The average molecular weight is 250 g/mol. The van der Waals surface area contributed by atoms with Crippen LogP contribution in [-0.2, 0) is 11.0 Å². The molecular formula is C10H5ClF3O2-. The van der Waals surface area contributed by atoms with E-state index in [0.29, 0.717) is 6.08 Å². The van der Waals surface area contributed by atoms with Gasteiger partial charge >= 0.3 is 6.18 Å². The van der Waals surface area contributed by atoms with Crippen LogP contribution in [0.1, 0.15) is 11.1 Å². The topological polar surface area (TPSA) is 40.1 Å². The Bertz CT molecular complexity index is 438. The lowest BCUT2D eigenvalue weighted by Crippen LogP contribution is -2.18. The monoisotopic (exact) mass is 249 g/mol. The molecule has 0 saturated carbocycles. The number of carbonyl (C=O) groups excluding carboxylic acids is 1. The van der Waals surface area contributed by atoms with Crippen molar-refractivity contribution in [3.8, 4) is 0 Å². The van der Waals surface area contributed by atoms with Gasteiger partial charge in [-0.2, -0.15) is 13.2 Å². The molecule has 86 valence electrons. The summed E-state index contributed by atoms with van der Waals surface area (Å²) >= 11 is 5.55. The maximum atomic E-state index is 12.2. The zero-order valence-corrected chi connectivity index (χ0v) is 8.47. The van der Waals surface area contributed by atoms with Gasteiger partial charge in [0.2, 0.25) is 0 Å². The predicted octanol–water partition coefficient (Wildman–Crippen LogP) is 2.12. The van der Waals surface area contributed by atoms with Crippen molar-refractivity contribution in [2.45, 2.75) is 6.18 Å². The lowest BCUT2D eigenvalue weighted by atomic mass is 10.1. The Morgan fingerprint density at radius 3 is 2.44 bits per heavy atom. The summed E-state index contributed by atoms with van der Waals surface area (Å²) in [5, 5.41) is 9.92. The summed E-state index contributed by atoms with van der Waals surface area (Å²) in [7, 11) is 0. The third-order valence-electron chi connectivity index (χ3n) is 1.73. The van der Waals surface area contributed by atoms with Gasteiger partial charge in [0.25, 0.3) is 0 Å². The Kier molecular flexibility index (Phi) is 3.59. The molecule has 6 heteroatoms. The van der Waals surface area contributed by atoms with Crippen molar-refractivity contribution in [2.75, 3.05) is 0 Å². The molecule has 0 aliphatic carbocycles. The van der Waals surface area contributed by atoms with E-state index in [9.17, 15) is 23.1 Å². The molecule has 0 spiro atoms. The second-order valence-electron chi connectivity index (χ2n) is 2.89. The van der Waals surface area contributed by atoms with Gasteiger partial charge in [0.1, 0.15) is 0 Å². The van der Waals surface area contributed by atoms with E-state index in [2.05, 4.69) is 0 Å². The Labute approximate surface area is 94.0 Å². The normalized spacial score (nSPS) is 12.0. The first-order valence-corrected chi connectivity index (χ1v) is 4.44. The van der Waals surface area contributed by atoms with Crippen LogP contribution in [0.25, 0.3) is 6.08 Å². The van der Waals surface area contributed by atoms with Crippen LogP contribution in [-0.4, -0.2) is 5.97 Å². The van der Waals surface area contributed by atoms with E-state index in [4.69, 9.17) is 11.6 Å². The van der Waals surface area contributed by atoms with Crippen LogP contribution in [0.15, 0.2) is 24.3 Å². The second kappa shape index (κ2) is 4.57. The number of carboxylic acids is 1. The van der Waals surface area contributed by atoms with E-state index in [0.717, 1.165) is 24.3 Å². The zero-order valence-electron chi connectivity index (χ0n) is 7.72. The number of hydrogen-bond donors (Lipinski definition) is 0. The quantitative estimate of drug-likeness (QED) is 0.753. The maximum Gasteiger partial charge on any atom is 0.416 e. The molecule has 2 nitrogen and oxygen atoms in total. The molecule has 16 heavy (non-hydrogen) atoms. The fourth-order valence-electron chi connectivity index (χ4n) is 0.996. The van der Waals surface area contributed by atoms with Gasteiger partial charge in [-0.05, 0) is 23.8 Å². The van der Waals surface area contributed by atoms with Gasteiger partial charge in [-0.25, -0.2) is 0 Å². The molecule has 1 aromatic carbocycles. The number of benzene rings is 1. The first kappa shape index (κ1) is 12.6. The molecule has 0 fully saturated rings. The number of halogens is 4. The molecule has 1 aromatic rings. The Morgan fingerprint density at radius 2 is 2.00 bits per heavy atom. The lowest BCUT2D eigenvalue weighted by Gasteiger charge is -2.07. The summed E-state index contributed by atoms with van der Waals surface area (Å²) in [6.45, 7) is 0. The highest BCUT2D eigenvalue weighted by molar-refractivity contribution is 6.32. The highest BCUT2D eigenvalue weighted by Crippen LogP contribution is 2.32. The lowest BCUT2D eigenvalue weighted by molar-refractivity contribution is -0.297. The van der Waals surface area contributed by atoms with Crippen LogP contribution >= 0.6 is 11.6 Å². The molecule has 0 atom stereocenters. The van der Waals surface area contributed by atoms with Crippen molar-refractivity contribution in [1.82, 2.24) is 0 Å². The molecule has 0 aliphatic heterocycles. The molecule has 0 heterocycles. The van der Waals surface area contributed by atoms with Crippen molar-refractivity contribution in [3.05, 3.63) is 40.4 Å². The van der Waals surface area contributed by atoms with Crippen molar-refractivity contribution < 1.29 is 23.1 Å². The van der Waals surface area contributed by atoms with Gasteiger partial charge in [-0.15, -0.1) is 0 Å². The standard InChI is InChI=1S/C10H6ClF3O2/c11-8-5-7(10(12,13)14)3-1-6(8)2-4-9(15)16/h1-5H,(H,15,16)/p-1/b4-2+. The minimum absolute atomic E-state index is 0.174. The molecule has 0 aliphatic rings. The van der Waals surface area contributed by atoms with E-state index < -0.39 is 17.7 Å². The van der Waals surface area contributed by atoms with Crippen LogP contribution in [0.3, 0.4) is 0 Å². The Hall–Kier alpha value is -1.49. The van der Waals surface area contributed by atoms with E-state index >= 15 is 0 Å². The minimum Gasteiger partial charge on any atom is -0.545 e. The summed E-state index contributed by atoms with van der Waals surface area (Å²) in [6, 6.07) is 2.64. The van der Waals surface area contributed by atoms with Crippen molar-refractivity contribution >= 4 is 23.6 Å². The van der Waals surface area contributed by atoms with E-state index in [-0.39, 0.29) is 10.6 Å². The number of rotatable bonds is 2. The number of hydrogen-bond acceptors (Lipinski definition) is 2. The smallest absolute Gasteiger partial charge is 0.416 e. The molecule has 0 unspecified atom stereocenters. The highest BCUT2D eigenvalue weighted by atomic mass is 35.5. The van der Waals surface area contributed by atoms with Crippen molar-refractivity contribution in [3.63, 3.8) is 0 Å². The molecule has 0 bridgehead atoms. The average Bonchev–Trinajstić information content (AvgIpc) is 2.14. The first-order chi connectivity index (χ1) is 7.30. The Morgan fingerprint density at radius 1 is 1.38 bits per heavy atom. The van der Waals surface area contributed by atoms with Gasteiger partial charge in [0.05, 0.1) is 11.5 Å².